The van der Waals surface area contributed by atoms with Crippen molar-refractivity contribution in [1.29, 1.82) is 0 Å². The molecule has 1 aromatic heterocycles. The Balaban J connectivity index is 1.01. The van der Waals surface area contributed by atoms with Gasteiger partial charge in [0.15, 0.2) is 12.4 Å². The average Bonchev–Trinajstić information content (AvgIpc) is 4.36. The van der Waals surface area contributed by atoms with Crippen LogP contribution in [0.25, 0.3) is 22.3 Å². The molecule has 0 saturated heterocycles. The van der Waals surface area contributed by atoms with Gasteiger partial charge in [0.25, 0.3) is 30.4 Å². The first kappa shape index (κ1) is 50.6. The first-order valence-electron chi connectivity index (χ1n) is 24.3. The van der Waals surface area contributed by atoms with Gasteiger partial charge in [-0.1, -0.05) is 36.4 Å². The van der Waals surface area contributed by atoms with Gasteiger partial charge in [-0.15, -0.1) is 0 Å². The number of aliphatic imine (C=N–C) groups is 2. The number of unbranched alkanes of at least 4 members (excludes halogenated alkanes) is 1. The molecule has 8 heterocycles. The lowest BCUT2D eigenvalue weighted by molar-refractivity contribution is -0.697. The monoisotopic (exact) mass is 1080 g/mol. The fourth-order valence-corrected chi connectivity index (χ4v) is 11.1. The number of rotatable bonds is 12. The molecule has 4 aromatic rings. The van der Waals surface area contributed by atoms with Crippen molar-refractivity contribution < 1.29 is 53.5 Å². The fourth-order valence-electron chi connectivity index (χ4n) is 9.66. The van der Waals surface area contributed by atoms with Crippen LogP contribution in [0.2, 0.25) is 0 Å². The fraction of sp³-hybridized carbons (Fsp3) is 0.0862. The summed E-state index contributed by atoms with van der Waals surface area (Å²) in [5, 5.41) is 0. The summed E-state index contributed by atoms with van der Waals surface area (Å²) in [6.45, 7) is 1.64. The zero-order valence-electron chi connectivity index (χ0n) is 41.1. The van der Waals surface area contributed by atoms with Crippen molar-refractivity contribution in [2.45, 2.75) is 34.1 Å². The Morgan fingerprint density at radius 3 is 1.38 bits per heavy atom. The van der Waals surface area contributed by atoms with Crippen molar-refractivity contribution >= 4 is 75.5 Å². The van der Waals surface area contributed by atoms with Crippen LogP contribution in [0, 0.1) is 0 Å². The lowest BCUT2D eigenvalue weighted by atomic mass is 9.98. The second-order valence-electron chi connectivity index (χ2n) is 18.6. The molecule has 0 aliphatic carbocycles. The molecule has 7 aliphatic rings. The van der Waals surface area contributed by atoms with Gasteiger partial charge in [0.2, 0.25) is 22.8 Å². The first-order valence-corrected chi connectivity index (χ1v) is 28.6. The van der Waals surface area contributed by atoms with Gasteiger partial charge in [0.05, 0.1) is 48.7 Å². The lowest BCUT2D eigenvalue weighted by Gasteiger charge is -2.20. The third-order valence-electron chi connectivity index (χ3n) is 13.5. The van der Waals surface area contributed by atoms with E-state index >= 15 is 0 Å². The van der Waals surface area contributed by atoms with Crippen molar-refractivity contribution in [2.75, 3.05) is 13.6 Å². The van der Waals surface area contributed by atoms with Gasteiger partial charge in [-0.3, -0.25) is 13.7 Å². The maximum atomic E-state index is 12.2. The topological polar surface area (TPSA) is 226 Å². The number of fused-ring (bicyclic) bond motifs is 4. The molecule has 3 aromatic carbocycles. The molecular weight excluding hydrogens is 1030 g/mol. The maximum absolute atomic E-state index is 12.2. The molecule has 11 rings (SSSR count). The molecule has 0 radical (unpaired) electrons. The van der Waals surface area contributed by atoms with Crippen LogP contribution in [-0.4, -0.2) is 85.2 Å². The van der Waals surface area contributed by atoms with Crippen LogP contribution in [-0.2, 0) is 36.9 Å². The highest BCUT2D eigenvalue weighted by molar-refractivity contribution is 7.86. The van der Waals surface area contributed by atoms with Gasteiger partial charge in [0, 0.05) is 86.8 Å². The Bertz CT molecular complexity index is 4020. The van der Waals surface area contributed by atoms with Gasteiger partial charge in [-0.2, -0.15) is 25.3 Å². The molecule has 0 fully saturated rings. The molecular formula is C58H48N7O9S3+3. The van der Waals surface area contributed by atoms with E-state index in [1.807, 2.05) is 97.5 Å². The standard InChI is InChI=1S/C58H45N7O9S3/c1-63-32-24-38(25-33-63)39-26-34-64(35-27-39)30-2-3-31-65-36-28-43(29-37-65)58-53-22-20-51(61-53)56(41-6-12-45(13-7-41)76(69,70)71)49-18-16-47(59-49)55(40-4-10-44(11-5-40)75(66,67)68)48-17-19-50(60-48)57(52-21-23-54(58)62-52)42-8-14-46(15-9-42)77(72,73)74/h4-29,32-37H,2-3,30-31H2,1H3,(H2-,66,67,68,69,70,71,72,73,74)/p+3. The van der Waals surface area contributed by atoms with Crippen LogP contribution in [0.3, 0.4) is 0 Å². The van der Waals surface area contributed by atoms with E-state index in [0.717, 1.165) is 42.6 Å². The van der Waals surface area contributed by atoms with Crippen molar-refractivity contribution in [2.24, 2.45) is 9.98 Å². The highest BCUT2D eigenvalue weighted by atomic mass is 32.2. The Kier molecular flexibility index (Phi) is 13.3. The number of aromatic nitrogens is 1. The Labute approximate surface area is 445 Å². The predicted molar refractivity (Wildman–Crippen MR) is 294 cm³/mol. The lowest BCUT2D eigenvalue weighted by Crippen LogP contribution is -2.71. The van der Waals surface area contributed by atoms with E-state index in [0.29, 0.717) is 84.6 Å². The van der Waals surface area contributed by atoms with E-state index in [9.17, 15) is 38.9 Å². The molecule has 77 heavy (non-hydrogen) atoms. The predicted octanol–water partition coefficient (Wildman–Crippen LogP) is 5.27. The largest absolute Gasteiger partial charge is 0.357 e. The summed E-state index contributed by atoms with van der Waals surface area (Å²) >= 11 is 0. The molecule has 384 valence electrons. The summed E-state index contributed by atoms with van der Waals surface area (Å²) in [7, 11) is -11.6. The highest BCUT2D eigenvalue weighted by Crippen LogP contribution is 2.35. The Hall–Kier alpha value is -8.56. The van der Waals surface area contributed by atoms with E-state index < -0.39 is 30.4 Å². The molecule has 0 spiro atoms. The van der Waals surface area contributed by atoms with Gasteiger partial charge < -0.3 is 9.80 Å². The zero-order valence-corrected chi connectivity index (χ0v) is 43.5. The summed E-state index contributed by atoms with van der Waals surface area (Å²) < 4.78 is 105. The number of benzene rings is 3. The van der Waals surface area contributed by atoms with Crippen molar-refractivity contribution in [3.63, 3.8) is 0 Å². The van der Waals surface area contributed by atoms with Crippen LogP contribution in [0.5, 0.6) is 0 Å². The third-order valence-corrected chi connectivity index (χ3v) is 16.1. The minimum atomic E-state index is -4.52. The summed E-state index contributed by atoms with van der Waals surface area (Å²) in [4.78, 5) is 21.0. The van der Waals surface area contributed by atoms with E-state index in [-0.39, 0.29) is 14.7 Å². The SMILES string of the molecule is CN1C=CC(=C2C=CN(CCCC[n+]3ccc(C4=C5C=CC(=N5)C(c5ccc(S(=O)(=O)O)cc5)=C5C=CC(=[NH+]5)C(c5ccc(S(=O)(=O)O)cc5)=C5C=CC(=[NH+]5)C(c5ccc(S(=O)(=O)O)cc5)=C5C=CC4=N5)cc3)C=C2)C=C1. The molecule has 8 bridgehead atoms. The van der Waals surface area contributed by atoms with Crippen LogP contribution in [0.1, 0.15) is 35.1 Å². The molecule has 16 nitrogen and oxygen atoms in total. The number of nitrogens with zero attached hydrogens (tertiary/aromatic N) is 5. The maximum Gasteiger partial charge on any atom is 0.294 e. The van der Waals surface area contributed by atoms with Crippen LogP contribution in [0.4, 0.5) is 0 Å². The number of hydrogen-bond donors (Lipinski definition) is 5. The highest BCUT2D eigenvalue weighted by Gasteiger charge is 2.34. The quantitative estimate of drug-likeness (QED) is 0.0698. The van der Waals surface area contributed by atoms with Crippen molar-refractivity contribution in [3.05, 3.63) is 251 Å². The number of allylic oxidation sites excluding steroid dienone is 18. The molecule has 19 heteroatoms. The second-order valence-corrected chi connectivity index (χ2v) is 22.9. The van der Waals surface area contributed by atoms with E-state index in [1.165, 1.54) is 36.4 Å². The van der Waals surface area contributed by atoms with E-state index in [2.05, 4.69) is 56.2 Å². The van der Waals surface area contributed by atoms with Gasteiger partial charge in [0.1, 0.15) is 12.1 Å². The van der Waals surface area contributed by atoms with E-state index in [4.69, 9.17) is 9.98 Å². The van der Waals surface area contributed by atoms with Gasteiger partial charge in [-0.25, -0.2) is 24.5 Å². The van der Waals surface area contributed by atoms with Crippen LogP contribution >= 0.6 is 0 Å². The second kappa shape index (κ2) is 20.2. The van der Waals surface area contributed by atoms with Crippen LogP contribution in [0.15, 0.2) is 254 Å². The van der Waals surface area contributed by atoms with E-state index in [1.54, 1.807) is 36.4 Å². The summed E-state index contributed by atoms with van der Waals surface area (Å²) in [5.41, 5.74) is 11.8. The van der Waals surface area contributed by atoms with Crippen molar-refractivity contribution in [3.8, 4) is 0 Å². The van der Waals surface area contributed by atoms with Gasteiger partial charge in [-0.05, 0) is 125 Å². The smallest absolute Gasteiger partial charge is 0.294 e. The molecule has 0 unspecified atom stereocenters. The molecule has 5 N–H and O–H groups in total. The summed E-state index contributed by atoms with van der Waals surface area (Å²) in [6, 6.07) is 21.4. The normalized spacial score (nSPS) is 18.0. The minimum absolute atomic E-state index is 0.285. The third kappa shape index (κ3) is 10.7. The molecule has 0 atom stereocenters. The Morgan fingerprint density at radius 2 is 0.870 bits per heavy atom. The average molecular weight is 1080 g/mol. The van der Waals surface area contributed by atoms with Gasteiger partial charge >= 0.3 is 0 Å². The summed E-state index contributed by atoms with van der Waals surface area (Å²) in [5.74, 6) is 0. The number of aryl methyl sites for hydroxylation is 1. The zero-order chi connectivity index (χ0) is 53.6. The number of pyridine rings is 1. The molecule has 7 aliphatic heterocycles. The summed E-state index contributed by atoms with van der Waals surface area (Å²) in [6.07, 6.45) is 37.6. The minimum Gasteiger partial charge on any atom is -0.357 e. The van der Waals surface area contributed by atoms with Crippen molar-refractivity contribution in [1.82, 2.24) is 9.80 Å². The molecule has 0 amide bonds. The Morgan fingerprint density at radius 1 is 0.455 bits per heavy atom. The molecule has 0 saturated carbocycles. The van der Waals surface area contributed by atoms with Crippen LogP contribution < -0.4 is 14.6 Å². The number of nitrogens with one attached hydrogen (secondary N) is 2. The number of hydrogen-bond acceptors (Lipinski definition) is 10. The first-order chi connectivity index (χ1) is 36.9.